The SMILES string of the molecule is O=C(O)/C(=C/c1cccc(OCc2ccc(Cl)c(Cl)c2)c1)Sc1nc2ccccc2[nH]1. The molecule has 0 bridgehead atoms. The Labute approximate surface area is 192 Å². The number of ether oxygens (including phenoxy) is 1. The molecule has 0 aliphatic rings. The highest BCUT2D eigenvalue weighted by Crippen LogP contribution is 2.29. The van der Waals surface area contributed by atoms with Crippen LogP contribution < -0.4 is 4.74 Å². The van der Waals surface area contributed by atoms with Crippen LogP contribution >= 0.6 is 35.0 Å². The van der Waals surface area contributed by atoms with E-state index in [1.165, 1.54) is 0 Å². The van der Waals surface area contributed by atoms with Crippen LogP contribution in [0.3, 0.4) is 0 Å². The number of carbonyl (C=O) groups is 1. The largest absolute Gasteiger partial charge is 0.489 e. The van der Waals surface area contributed by atoms with Crippen molar-refractivity contribution >= 4 is 58.0 Å². The summed E-state index contributed by atoms with van der Waals surface area (Å²) < 4.78 is 5.82. The molecule has 0 spiro atoms. The van der Waals surface area contributed by atoms with Crippen molar-refractivity contribution in [3.8, 4) is 5.75 Å². The van der Waals surface area contributed by atoms with Crippen molar-refractivity contribution in [3.63, 3.8) is 0 Å². The maximum absolute atomic E-state index is 11.8. The van der Waals surface area contributed by atoms with Crippen molar-refractivity contribution in [1.29, 1.82) is 0 Å². The Bertz CT molecular complexity index is 1250. The molecule has 0 atom stereocenters. The third-order valence-electron chi connectivity index (χ3n) is 4.33. The Morgan fingerprint density at radius 1 is 1.06 bits per heavy atom. The summed E-state index contributed by atoms with van der Waals surface area (Å²) in [7, 11) is 0. The van der Waals surface area contributed by atoms with Gasteiger partial charge in [-0.1, -0.05) is 53.5 Å². The molecule has 0 aliphatic heterocycles. The number of thioether (sulfide) groups is 1. The second-order valence-corrected chi connectivity index (χ2v) is 8.43. The number of aliphatic carboxylic acids is 1. The van der Waals surface area contributed by atoms with Crippen LogP contribution in [0.2, 0.25) is 10.0 Å². The average Bonchev–Trinajstić information content (AvgIpc) is 3.17. The van der Waals surface area contributed by atoms with Gasteiger partial charge in [-0.05, 0) is 65.4 Å². The lowest BCUT2D eigenvalue weighted by Gasteiger charge is -2.08. The van der Waals surface area contributed by atoms with E-state index in [1.54, 1.807) is 30.3 Å². The summed E-state index contributed by atoms with van der Waals surface area (Å²) in [6.07, 6.45) is 1.59. The normalized spacial score (nSPS) is 11.6. The van der Waals surface area contributed by atoms with Crippen molar-refractivity contribution in [1.82, 2.24) is 9.97 Å². The fourth-order valence-corrected chi connectivity index (χ4v) is 3.97. The second-order valence-electron chi connectivity index (χ2n) is 6.58. The molecule has 2 N–H and O–H groups in total. The van der Waals surface area contributed by atoms with Crippen molar-refractivity contribution in [2.24, 2.45) is 0 Å². The van der Waals surface area contributed by atoms with E-state index in [-0.39, 0.29) is 4.91 Å². The zero-order valence-electron chi connectivity index (χ0n) is 16.0. The molecule has 156 valence electrons. The first-order chi connectivity index (χ1) is 15.0. The van der Waals surface area contributed by atoms with Crippen molar-refractivity contribution in [2.45, 2.75) is 11.8 Å². The topological polar surface area (TPSA) is 75.2 Å². The molecule has 0 radical (unpaired) electrons. The molecule has 0 fully saturated rings. The number of hydrogen-bond acceptors (Lipinski definition) is 4. The van der Waals surface area contributed by atoms with Crippen LogP contribution in [-0.2, 0) is 11.4 Å². The Balaban J connectivity index is 1.51. The number of rotatable bonds is 7. The van der Waals surface area contributed by atoms with E-state index >= 15 is 0 Å². The highest BCUT2D eigenvalue weighted by molar-refractivity contribution is 8.04. The minimum absolute atomic E-state index is 0.140. The Hall–Kier alpha value is -2.93. The van der Waals surface area contributed by atoms with E-state index in [0.29, 0.717) is 33.1 Å². The number of halogens is 2. The van der Waals surface area contributed by atoms with Crippen LogP contribution in [0, 0.1) is 0 Å². The number of aromatic nitrogens is 2. The summed E-state index contributed by atoms with van der Waals surface area (Å²) in [5.41, 5.74) is 3.22. The molecule has 4 aromatic rings. The van der Waals surface area contributed by atoms with Crippen LogP contribution in [0.25, 0.3) is 17.1 Å². The van der Waals surface area contributed by atoms with Gasteiger partial charge in [-0.2, -0.15) is 0 Å². The predicted molar refractivity (Wildman–Crippen MR) is 125 cm³/mol. The van der Waals surface area contributed by atoms with Gasteiger partial charge in [0.15, 0.2) is 5.16 Å². The number of carboxylic acids is 1. The van der Waals surface area contributed by atoms with E-state index in [2.05, 4.69) is 9.97 Å². The molecule has 8 heteroatoms. The van der Waals surface area contributed by atoms with Gasteiger partial charge >= 0.3 is 5.97 Å². The third-order valence-corrected chi connectivity index (χ3v) is 5.97. The molecular weight excluding hydrogens is 455 g/mol. The van der Waals surface area contributed by atoms with E-state index in [1.807, 2.05) is 42.5 Å². The summed E-state index contributed by atoms with van der Waals surface area (Å²) in [6.45, 7) is 0.309. The number of imidazole rings is 1. The molecular formula is C23H16Cl2N2O3S. The number of para-hydroxylation sites is 2. The van der Waals surface area contributed by atoms with Gasteiger partial charge in [-0.3, -0.25) is 0 Å². The first kappa shape index (κ1) is 21.3. The number of carboxylic acid groups (broad SMARTS) is 1. The first-order valence-corrected chi connectivity index (χ1v) is 10.8. The number of H-pyrrole nitrogens is 1. The summed E-state index contributed by atoms with van der Waals surface area (Å²) >= 11 is 13.0. The quantitative estimate of drug-likeness (QED) is 0.233. The van der Waals surface area contributed by atoms with Gasteiger partial charge in [0.2, 0.25) is 0 Å². The summed E-state index contributed by atoms with van der Waals surface area (Å²) in [5.74, 6) is -0.425. The lowest BCUT2D eigenvalue weighted by atomic mass is 10.2. The smallest absolute Gasteiger partial charge is 0.342 e. The van der Waals surface area contributed by atoms with E-state index in [4.69, 9.17) is 27.9 Å². The number of nitrogens with one attached hydrogen (secondary N) is 1. The molecule has 0 unspecified atom stereocenters. The summed E-state index contributed by atoms with van der Waals surface area (Å²) in [4.78, 5) is 19.5. The fourth-order valence-electron chi connectivity index (χ4n) is 2.86. The van der Waals surface area contributed by atoms with E-state index < -0.39 is 5.97 Å². The standard InChI is InChI=1S/C23H16Cl2N2O3S/c24-17-9-8-15(11-18(17)25)13-30-16-5-3-4-14(10-16)12-21(22(28)29)31-23-26-19-6-1-2-7-20(19)27-23/h1-12H,13H2,(H,26,27)(H,28,29)/b21-12-. The molecule has 0 amide bonds. The van der Waals surface area contributed by atoms with Crippen molar-refractivity contribution in [2.75, 3.05) is 0 Å². The Morgan fingerprint density at radius 3 is 2.68 bits per heavy atom. The van der Waals surface area contributed by atoms with Crippen LogP contribution in [0.1, 0.15) is 11.1 Å². The van der Waals surface area contributed by atoms with Gasteiger partial charge < -0.3 is 14.8 Å². The van der Waals surface area contributed by atoms with Crippen LogP contribution in [0.5, 0.6) is 5.75 Å². The minimum Gasteiger partial charge on any atom is -0.489 e. The Morgan fingerprint density at radius 2 is 1.90 bits per heavy atom. The molecule has 0 saturated heterocycles. The number of nitrogens with zero attached hydrogens (tertiary/aromatic N) is 1. The summed E-state index contributed by atoms with van der Waals surface area (Å²) in [5, 5.41) is 11.1. The molecule has 0 saturated carbocycles. The zero-order valence-corrected chi connectivity index (χ0v) is 18.3. The van der Waals surface area contributed by atoms with Crippen LogP contribution in [0.4, 0.5) is 0 Å². The summed E-state index contributed by atoms with van der Waals surface area (Å²) in [6, 6.07) is 20.1. The highest BCUT2D eigenvalue weighted by atomic mass is 35.5. The number of benzene rings is 3. The van der Waals surface area contributed by atoms with Gasteiger partial charge in [-0.15, -0.1) is 0 Å². The highest BCUT2D eigenvalue weighted by Gasteiger charge is 2.13. The lowest BCUT2D eigenvalue weighted by molar-refractivity contribution is -0.131. The maximum Gasteiger partial charge on any atom is 0.342 e. The molecule has 0 aliphatic carbocycles. The van der Waals surface area contributed by atoms with Crippen LogP contribution in [-0.4, -0.2) is 21.0 Å². The van der Waals surface area contributed by atoms with E-state index in [0.717, 1.165) is 28.4 Å². The van der Waals surface area contributed by atoms with Gasteiger partial charge in [0.05, 0.1) is 21.1 Å². The van der Waals surface area contributed by atoms with Crippen molar-refractivity contribution in [3.05, 3.63) is 92.8 Å². The third kappa shape index (κ3) is 5.41. The minimum atomic E-state index is -1.03. The van der Waals surface area contributed by atoms with Crippen molar-refractivity contribution < 1.29 is 14.6 Å². The molecule has 3 aromatic carbocycles. The molecule has 4 rings (SSSR count). The van der Waals surface area contributed by atoms with E-state index in [9.17, 15) is 9.90 Å². The molecule has 5 nitrogen and oxygen atoms in total. The molecule has 1 aromatic heterocycles. The maximum atomic E-state index is 11.8. The Kier molecular flexibility index (Phi) is 6.51. The number of fused-ring (bicyclic) bond motifs is 1. The predicted octanol–water partition coefficient (Wildman–Crippen LogP) is 6.67. The molecule has 1 heterocycles. The monoisotopic (exact) mass is 470 g/mol. The van der Waals surface area contributed by atoms with Crippen LogP contribution in [0.15, 0.2) is 76.8 Å². The first-order valence-electron chi connectivity index (χ1n) is 9.22. The average molecular weight is 471 g/mol. The van der Waals surface area contributed by atoms with Gasteiger partial charge in [0.1, 0.15) is 17.3 Å². The molecule has 31 heavy (non-hydrogen) atoms. The number of hydrogen-bond donors (Lipinski definition) is 2. The zero-order chi connectivity index (χ0) is 21.8. The van der Waals surface area contributed by atoms with Gasteiger partial charge in [-0.25, -0.2) is 9.78 Å². The van der Waals surface area contributed by atoms with Gasteiger partial charge in [0.25, 0.3) is 0 Å². The van der Waals surface area contributed by atoms with Gasteiger partial charge in [0, 0.05) is 0 Å². The second kappa shape index (κ2) is 9.47. The lowest BCUT2D eigenvalue weighted by Crippen LogP contribution is -1.98. The fraction of sp³-hybridized carbons (Fsp3) is 0.0435. The number of aromatic amines is 1.